The van der Waals surface area contributed by atoms with Crippen LogP contribution in [0.15, 0.2) is 28.7 Å². The second-order valence-electron chi connectivity index (χ2n) is 3.79. The molecule has 0 radical (unpaired) electrons. The topological polar surface area (TPSA) is 46.2 Å². The van der Waals surface area contributed by atoms with Crippen LogP contribution in [0.5, 0.6) is 0 Å². The van der Waals surface area contributed by atoms with Gasteiger partial charge in [-0.2, -0.15) is 0 Å². The molecular weight excluding hydrogens is 242 g/mol. The van der Waals surface area contributed by atoms with Gasteiger partial charge in [0.05, 0.1) is 0 Å². The summed E-state index contributed by atoms with van der Waals surface area (Å²) in [5.41, 5.74) is 5.56. The Kier molecular flexibility index (Phi) is 3.70. The molecule has 0 aliphatic heterocycles. The Labute approximate surface area is 93.3 Å². The quantitative estimate of drug-likeness (QED) is 0.873. The van der Waals surface area contributed by atoms with E-state index in [1.807, 2.05) is 38.1 Å². The maximum atomic E-state index is 10.3. The van der Waals surface area contributed by atoms with Crippen LogP contribution in [0.3, 0.4) is 0 Å². The molecular formula is C11H16BrNO. The third kappa shape index (κ3) is 2.16. The molecule has 1 atom stereocenters. The number of halogens is 1. The standard InChI is InChI=1S/C11H16BrNO/c1-8(2)11(14,7-13)9-4-3-5-10(12)6-9/h3-6,8,14H,7,13H2,1-2H3. The van der Waals surface area contributed by atoms with Crippen LogP contribution in [0.4, 0.5) is 0 Å². The van der Waals surface area contributed by atoms with Crippen molar-refractivity contribution in [3.8, 4) is 0 Å². The third-order valence-electron chi connectivity index (χ3n) is 2.59. The molecule has 0 bridgehead atoms. The lowest BCUT2D eigenvalue weighted by molar-refractivity contribution is -0.00118. The van der Waals surface area contributed by atoms with E-state index in [0.29, 0.717) is 0 Å². The molecule has 0 amide bonds. The first kappa shape index (κ1) is 11.7. The number of aliphatic hydroxyl groups is 1. The van der Waals surface area contributed by atoms with Crippen LogP contribution in [0.25, 0.3) is 0 Å². The molecule has 3 heteroatoms. The minimum atomic E-state index is -0.927. The number of hydrogen-bond acceptors (Lipinski definition) is 2. The van der Waals surface area contributed by atoms with Gasteiger partial charge in [0.1, 0.15) is 5.60 Å². The molecule has 0 saturated carbocycles. The number of benzene rings is 1. The lowest BCUT2D eigenvalue weighted by Gasteiger charge is -2.31. The van der Waals surface area contributed by atoms with E-state index in [4.69, 9.17) is 5.73 Å². The van der Waals surface area contributed by atoms with Gasteiger partial charge in [0.15, 0.2) is 0 Å². The predicted molar refractivity (Wildman–Crippen MR) is 61.9 cm³/mol. The van der Waals surface area contributed by atoms with E-state index >= 15 is 0 Å². The first-order chi connectivity index (χ1) is 6.50. The monoisotopic (exact) mass is 257 g/mol. The molecule has 0 spiro atoms. The van der Waals surface area contributed by atoms with Crippen molar-refractivity contribution in [2.24, 2.45) is 11.7 Å². The van der Waals surface area contributed by atoms with Crippen LogP contribution in [0.1, 0.15) is 19.4 Å². The molecule has 1 aromatic carbocycles. The van der Waals surface area contributed by atoms with E-state index in [1.165, 1.54) is 0 Å². The minimum Gasteiger partial charge on any atom is -0.384 e. The Morgan fingerprint density at radius 2 is 2.14 bits per heavy atom. The highest BCUT2D eigenvalue weighted by Gasteiger charge is 2.31. The van der Waals surface area contributed by atoms with Crippen molar-refractivity contribution in [1.29, 1.82) is 0 Å². The molecule has 3 N–H and O–H groups in total. The highest BCUT2D eigenvalue weighted by Crippen LogP contribution is 2.29. The van der Waals surface area contributed by atoms with Gasteiger partial charge < -0.3 is 10.8 Å². The van der Waals surface area contributed by atoms with Crippen molar-refractivity contribution in [2.45, 2.75) is 19.4 Å². The number of rotatable bonds is 3. The van der Waals surface area contributed by atoms with Crippen LogP contribution in [0, 0.1) is 5.92 Å². The summed E-state index contributed by atoms with van der Waals surface area (Å²) in [6.45, 7) is 4.17. The lowest BCUT2D eigenvalue weighted by Crippen LogP contribution is -2.39. The Balaban J connectivity index is 3.12. The zero-order valence-corrected chi connectivity index (χ0v) is 10.1. The van der Waals surface area contributed by atoms with Gasteiger partial charge in [-0.15, -0.1) is 0 Å². The second-order valence-corrected chi connectivity index (χ2v) is 4.71. The van der Waals surface area contributed by atoms with Crippen LogP contribution in [0.2, 0.25) is 0 Å². The third-order valence-corrected chi connectivity index (χ3v) is 3.08. The molecule has 0 aliphatic carbocycles. The van der Waals surface area contributed by atoms with E-state index in [0.717, 1.165) is 10.0 Å². The van der Waals surface area contributed by atoms with Crippen LogP contribution in [-0.2, 0) is 5.60 Å². The zero-order valence-electron chi connectivity index (χ0n) is 8.50. The van der Waals surface area contributed by atoms with Gasteiger partial charge >= 0.3 is 0 Å². The maximum Gasteiger partial charge on any atom is 0.104 e. The largest absolute Gasteiger partial charge is 0.384 e. The van der Waals surface area contributed by atoms with Crippen LogP contribution >= 0.6 is 15.9 Å². The Morgan fingerprint density at radius 3 is 2.57 bits per heavy atom. The SMILES string of the molecule is CC(C)C(O)(CN)c1cccc(Br)c1. The van der Waals surface area contributed by atoms with Gasteiger partial charge in [0.2, 0.25) is 0 Å². The first-order valence-corrected chi connectivity index (χ1v) is 5.48. The summed E-state index contributed by atoms with van der Waals surface area (Å²) < 4.78 is 0.961. The Hall–Kier alpha value is -0.380. The molecule has 0 saturated heterocycles. The molecule has 78 valence electrons. The summed E-state index contributed by atoms with van der Waals surface area (Å²) in [5.74, 6) is 0.0989. The van der Waals surface area contributed by atoms with Crippen molar-refractivity contribution >= 4 is 15.9 Å². The van der Waals surface area contributed by atoms with E-state index in [1.54, 1.807) is 0 Å². The first-order valence-electron chi connectivity index (χ1n) is 4.69. The Bertz CT molecular complexity index is 314. The highest BCUT2D eigenvalue weighted by molar-refractivity contribution is 9.10. The summed E-state index contributed by atoms with van der Waals surface area (Å²) in [6.07, 6.45) is 0. The summed E-state index contributed by atoms with van der Waals surface area (Å²) in [7, 11) is 0. The summed E-state index contributed by atoms with van der Waals surface area (Å²) in [5, 5.41) is 10.3. The molecule has 1 rings (SSSR count). The molecule has 0 aromatic heterocycles. The van der Waals surface area contributed by atoms with Crippen LogP contribution in [-0.4, -0.2) is 11.7 Å². The van der Waals surface area contributed by atoms with Gasteiger partial charge in [-0.3, -0.25) is 0 Å². The lowest BCUT2D eigenvalue weighted by atomic mass is 9.83. The second kappa shape index (κ2) is 4.43. The zero-order chi connectivity index (χ0) is 10.8. The van der Waals surface area contributed by atoms with Crippen LogP contribution < -0.4 is 5.73 Å². The van der Waals surface area contributed by atoms with Gasteiger partial charge in [0, 0.05) is 11.0 Å². The van der Waals surface area contributed by atoms with Crippen molar-refractivity contribution < 1.29 is 5.11 Å². The normalized spacial score (nSPS) is 15.6. The fourth-order valence-corrected chi connectivity index (χ4v) is 1.84. The average molecular weight is 258 g/mol. The number of nitrogens with two attached hydrogens (primary N) is 1. The van der Waals surface area contributed by atoms with Gasteiger partial charge in [-0.1, -0.05) is 41.9 Å². The molecule has 14 heavy (non-hydrogen) atoms. The molecule has 0 aliphatic rings. The summed E-state index contributed by atoms with van der Waals surface area (Å²) in [6, 6.07) is 7.65. The smallest absolute Gasteiger partial charge is 0.104 e. The van der Waals surface area contributed by atoms with Gasteiger partial charge in [-0.25, -0.2) is 0 Å². The van der Waals surface area contributed by atoms with E-state index in [9.17, 15) is 5.11 Å². The fourth-order valence-electron chi connectivity index (χ4n) is 1.44. The van der Waals surface area contributed by atoms with E-state index in [2.05, 4.69) is 15.9 Å². The van der Waals surface area contributed by atoms with E-state index < -0.39 is 5.60 Å². The summed E-state index contributed by atoms with van der Waals surface area (Å²) in [4.78, 5) is 0. The molecule has 0 fully saturated rings. The van der Waals surface area contributed by atoms with Gasteiger partial charge in [-0.05, 0) is 23.6 Å². The van der Waals surface area contributed by atoms with Gasteiger partial charge in [0.25, 0.3) is 0 Å². The maximum absolute atomic E-state index is 10.3. The van der Waals surface area contributed by atoms with Crippen molar-refractivity contribution in [3.05, 3.63) is 34.3 Å². The van der Waals surface area contributed by atoms with Crippen molar-refractivity contribution in [1.82, 2.24) is 0 Å². The highest BCUT2D eigenvalue weighted by atomic mass is 79.9. The van der Waals surface area contributed by atoms with Crippen molar-refractivity contribution in [3.63, 3.8) is 0 Å². The fraction of sp³-hybridized carbons (Fsp3) is 0.455. The molecule has 1 aromatic rings. The molecule has 2 nitrogen and oxygen atoms in total. The minimum absolute atomic E-state index is 0.0989. The number of hydrogen-bond donors (Lipinski definition) is 2. The Morgan fingerprint density at radius 1 is 1.50 bits per heavy atom. The molecule has 1 unspecified atom stereocenters. The average Bonchev–Trinajstić information content (AvgIpc) is 2.16. The molecule has 0 heterocycles. The summed E-state index contributed by atoms with van der Waals surface area (Å²) >= 11 is 3.38. The predicted octanol–water partition coefficient (Wildman–Crippen LogP) is 2.25. The van der Waals surface area contributed by atoms with Crippen molar-refractivity contribution in [2.75, 3.05) is 6.54 Å². The van der Waals surface area contributed by atoms with E-state index in [-0.39, 0.29) is 12.5 Å².